The van der Waals surface area contributed by atoms with Gasteiger partial charge in [-0.2, -0.15) is 0 Å². The third-order valence-electron chi connectivity index (χ3n) is 7.80. The first-order chi connectivity index (χ1) is 18.3. The van der Waals surface area contributed by atoms with Crippen molar-refractivity contribution in [2.24, 2.45) is 5.92 Å². The zero-order chi connectivity index (χ0) is 25.8. The topological polar surface area (TPSA) is 78.7 Å². The third-order valence-corrected chi connectivity index (χ3v) is 7.80. The Morgan fingerprint density at radius 2 is 1.00 bits per heavy atom. The van der Waals surface area contributed by atoms with Gasteiger partial charge < -0.3 is 31.9 Å². The van der Waals surface area contributed by atoms with Crippen LogP contribution in [0.15, 0.2) is 23.3 Å². The lowest BCUT2D eigenvalue weighted by Crippen LogP contribution is -2.39. The van der Waals surface area contributed by atoms with E-state index in [0.717, 1.165) is 105 Å². The van der Waals surface area contributed by atoms with Crippen molar-refractivity contribution in [3.8, 4) is 0 Å². The molecule has 0 spiro atoms. The number of nitrogens with one attached hydrogen (secondary N) is 6. The highest BCUT2D eigenvalue weighted by Gasteiger charge is 2.19. The van der Waals surface area contributed by atoms with E-state index in [9.17, 15) is 0 Å². The molecule has 8 heteroatoms. The molecule has 0 aromatic rings. The maximum atomic E-state index is 3.66. The molecule has 6 N–H and O–H groups in total. The molecule has 2 fully saturated rings. The Hall–Kier alpha value is -0.840. The molecule has 1 aliphatic carbocycles. The molecular weight excluding hydrogens is 460 g/mol. The average Bonchev–Trinajstić information content (AvgIpc) is 2.90. The van der Waals surface area contributed by atoms with E-state index >= 15 is 0 Å². The van der Waals surface area contributed by atoms with Crippen LogP contribution in [0, 0.1) is 5.92 Å². The molecule has 1 unspecified atom stereocenters. The van der Waals surface area contributed by atoms with Crippen LogP contribution in [0.3, 0.4) is 0 Å². The van der Waals surface area contributed by atoms with Gasteiger partial charge in [-0.05, 0) is 90.4 Å². The predicted molar refractivity (Wildman–Crippen MR) is 159 cm³/mol. The quantitative estimate of drug-likeness (QED) is 0.323. The van der Waals surface area contributed by atoms with Gasteiger partial charge in [0.05, 0.1) is 0 Å². The normalized spacial score (nSPS) is 26.9. The van der Waals surface area contributed by atoms with Gasteiger partial charge in [0.1, 0.15) is 0 Å². The molecule has 0 saturated carbocycles. The average molecular weight is 519 g/mol. The number of rotatable bonds is 4. The molecule has 2 saturated heterocycles. The highest BCUT2D eigenvalue weighted by Crippen LogP contribution is 2.26. The Morgan fingerprint density at radius 3 is 1.51 bits per heavy atom. The van der Waals surface area contributed by atoms with Crippen LogP contribution in [-0.4, -0.2) is 128 Å². The Labute approximate surface area is 227 Å². The van der Waals surface area contributed by atoms with Crippen molar-refractivity contribution in [3.05, 3.63) is 23.3 Å². The summed E-state index contributed by atoms with van der Waals surface area (Å²) in [5.41, 5.74) is 3.22. The first-order valence-corrected chi connectivity index (χ1v) is 15.4. The van der Waals surface area contributed by atoms with Gasteiger partial charge in [-0.15, -0.1) is 0 Å². The van der Waals surface area contributed by atoms with Crippen LogP contribution in [0.2, 0.25) is 0 Å². The van der Waals surface area contributed by atoms with Gasteiger partial charge in [-0.1, -0.05) is 30.2 Å². The van der Waals surface area contributed by atoms with E-state index in [-0.39, 0.29) is 0 Å². The summed E-state index contributed by atoms with van der Waals surface area (Å²) in [5, 5.41) is 21.5. The summed E-state index contributed by atoms with van der Waals surface area (Å²) >= 11 is 0. The molecule has 0 aromatic heterocycles. The first-order valence-electron chi connectivity index (χ1n) is 15.4. The molecule has 2 heterocycles. The lowest BCUT2D eigenvalue weighted by Gasteiger charge is -2.31. The fourth-order valence-corrected chi connectivity index (χ4v) is 5.50. The molecule has 0 bridgehead atoms. The van der Waals surface area contributed by atoms with Crippen molar-refractivity contribution >= 4 is 0 Å². The second kappa shape index (κ2) is 20.1. The van der Waals surface area contributed by atoms with Gasteiger partial charge in [-0.3, -0.25) is 9.80 Å². The molecule has 214 valence electrons. The first kappa shape index (κ1) is 30.7. The van der Waals surface area contributed by atoms with Crippen LogP contribution in [0.4, 0.5) is 0 Å². The summed E-state index contributed by atoms with van der Waals surface area (Å²) in [5.74, 6) is 0.636. The molecular formula is C29H58N8. The molecule has 8 nitrogen and oxygen atoms in total. The van der Waals surface area contributed by atoms with Crippen LogP contribution >= 0.6 is 0 Å². The minimum absolute atomic E-state index is 0.636. The molecule has 3 aliphatic rings. The molecule has 0 aromatic carbocycles. The van der Waals surface area contributed by atoms with Crippen molar-refractivity contribution in [1.82, 2.24) is 41.7 Å². The molecule has 1 atom stereocenters. The van der Waals surface area contributed by atoms with Crippen molar-refractivity contribution in [2.45, 2.75) is 39.0 Å². The van der Waals surface area contributed by atoms with E-state index in [1.54, 1.807) is 11.1 Å². The monoisotopic (exact) mass is 518 g/mol. The van der Waals surface area contributed by atoms with Crippen LogP contribution < -0.4 is 31.9 Å². The van der Waals surface area contributed by atoms with Crippen LogP contribution in [-0.2, 0) is 0 Å². The van der Waals surface area contributed by atoms with Crippen LogP contribution in [0.5, 0.6) is 0 Å². The van der Waals surface area contributed by atoms with Gasteiger partial charge in [0.2, 0.25) is 0 Å². The van der Waals surface area contributed by atoms with Gasteiger partial charge in [0.25, 0.3) is 0 Å². The van der Waals surface area contributed by atoms with Crippen molar-refractivity contribution in [3.63, 3.8) is 0 Å². The Balaban J connectivity index is 1.49. The summed E-state index contributed by atoms with van der Waals surface area (Å²) in [6.07, 6.45) is 11.0. The van der Waals surface area contributed by atoms with E-state index in [1.807, 2.05) is 0 Å². The molecule has 0 amide bonds. The zero-order valence-corrected chi connectivity index (χ0v) is 23.9. The molecule has 3 rings (SSSR count). The van der Waals surface area contributed by atoms with Crippen molar-refractivity contribution in [1.29, 1.82) is 0 Å². The summed E-state index contributed by atoms with van der Waals surface area (Å²) in [6.45, 7) is 22.4. The standard InChI is InChI=1S/C29H58N8/c1-27-24-28(25-36-20-4-12-32-16-14-30-8-2-10-34-18-22-36)6-7-29(27)26-37-21-5-13-33-17-15-31-9-3-11-35-19-23-37/h6-7,27,30-35H,2-5,8-26H2,1H3. The highest BCUT2D eigenvalue weighted by atomic mass is 15.1. The summed E-state index contributed by atoms with van der Waals surface area (Å²) in [7, 11) is 0. The summed E-state index contributed by atoms with van der Waals surface area (Å²) < 4.78 is 0. The van der Waals surface area contributed by atoms with Gasteiger partial charge in [0.15, 0.2) is 0 Å². The number of allylic oxidation sites excluding steroid dienone is 2. The summed E-state index contributed by atoms with van der Waals surface area (Å²) in [4.78, 5) is 5.35. The Bertz CT molecular complexity index is 609. The third kappa shape index (κ3) is 14.2. The second-order valence-electron chi connectivity index (χ2n) is 11.1. The van der Waals surface area contributed by atoms with Crippen molar-refractivity contribution < 1.29 is 0 Å². The van der Waals surface area contributed by atoms with E-state index in [0.29, 0.717) is 5.92 Å². The van der Waals surface area contributed by atoms with E-state index in [2.05, 4.69) is 60.8 Å². The smallest absolute Gasteiger partial charge is 0.0199 e. The minimum Gasteiger partial charge on any atom is -0.315 e. The second-order valence-corrected chi connectivity index (χ2v) is 11.1. The van der Waals surface area contributed by atoms with Crippen molar-refractivity contribution in [2.75, 3.05) is 118 Å². The van der Waals surface area contributed by atoms with E-state index in [4.69, 9.17) is 0 Å². The SMILES string of the molecule is CC1CC(CN2CCCNCCNCCCNCC2)=CC=C1CN1CCCNCCNCCCNCC1. The van der Waals surface area contributed by atoms with E-state index in [1.165, 1.54) is 45.2 Å². The fourth-order valence-electron chi connectivity index (χ4n) is 5.50. The lowest BCUT2D eigenvalue weighted by molar-refractivity contribution is 0.274. The molecule has 0 radical (unpaired) electrons. The van der Waals surface area contributed by atoms with Gasteiger partial charge in [-0.25, -0.2) is 0 Å². The van der Waals surface area contributed by atoms with Crippen LogP contribution in [0.1, 0.15) is 39.0 Å². The maximum Gasteiger partial charge on any atom is 0.0199 e. The number of nitrogens with zero attached hydrogens (tertiary/aromatic N) is 2. The highest BCUT2D eigenvalue weighted by molar-refractivity contribution is 5.28. The Kier molecular flexibility index (Phi) is 16.7. The van der Waals surface area contributed by atoms with E-state index < -0.39 is 0 Å². The number of hydrogen-bond acceptors (Lipinski definition) is 8. The van der Waals surface area contributed by atoms with Gasteiger partial charge >= 0.3 is 0 Å². The van der Waals surface area contributed by atoms with Crippen LogP contribution in [0.25, 0.3) is 0 Å². The molecule has 2 aliphatic heterocycles. The largest absolute Gasteiger partial charge is 0.315 e. The lowest BCUT2D eigenvalue weighted by atomic mass is 9.87. The predicted octanol–water partition coefficient (Wildman–Crippen LogP) is 0.608. The summed E-state index contributed by atoms with van der Waals surface area (Å²) in [6, 6.07) is 0. The minimum atomic E-state index is 0.636. The fraction of sp³-hybridized carbons (Fsp3) is 0.862. The zero-order valence-electron chi connectivity index (χ0n) is 23.9. The molecule has 37 heavy (non-hydrogen) atoms. The number of hydrogen-bond donors (Lipinski definition) is 6. The van der Waals surface area contributed by atoms with Gasteiger partial charge in [0, 0.05) is 65.4 Å². The maximum absolute atomic E-state index is 3.66. The Morgan fingerprint density at radius 1 is 0.541 bits per heavy atom.